The molecule has 3 heterocycles. The van der Waals surface area contributed by atoms with Gasteiger partial charge in [-0.1, -0.05) is 35.9 Å². The van der Waals surface area contributed by atoms with Crippen molar-refractivity contribution < 1.29 is 13.6 Å². The SMILES string of the molecule is Cc1ccc(CN2CCC(N3CCN(c4ncc(C(=O)NCc5ccc(F)c(F)c5)c(C)n4)CC3)CC2)cc1. The Bertz CT molecular complexity index is 1290. The van der Waals surface area contributed by atoms with E-state index in [4.69, 9.17) is 0 Å². The molecule has 2 saturated heterocycles. The second-order valence-corrected chi connectivity index (χ2v) is 10.6. The highest BCUT2D eigenvalue weighted by atomic mass is 19.2. The molecule has 7 nitrogen and oxygen atoms in total. The van der Waals surface area contributed by atoms with Gasteiger partial charge in [0.2, 0.25) is 5.95 Å². The maximum atomic E-state index is 13.4. The molecule has 2 aliphatic rings. The number of piperidine rings is 1. The monoisotopic (exact) mass is 534 g/mol. The normalized spacial score (nSPS) is 17.4. The third-order valence-electron chi connectivity index (χ3n) is 7.85. The summed E-state index contributed by atoms with van der Waals surface area (Å²) in [5.41, 5.74) is 4.13. The number of hydrogen-bond donors (Lipinski definition) is 1. The first-order valence-electron chi connectivity index (χ1n) is 13.7. The van der Waals surface area contributed by atoms with Crippen LogP contribution in [0.1, 0.15) is 45.6 Å². The first-order valence-corrected chi connectivity index (χ1v) is 13.7. The van der Waals surface area contributed by atoms with E-state index in [0.29, 0.717) is 28.8 Å². The highest BCUT2D eigenvalue weighted by molar-refractivity contribution is 5.94. The number of benzene rings is 2. The molecule has 0 radical (unpaired) electrons. The summed E-state index contributed by atoms with van der Waals surface area (Å²) >= 11 is 0. The van der Waals surface area contributed by atoms with Crippen LogP contribution in [0.25, 0.3) is 0 Å². The molecule has 206 valence electrons. The minimum absolute atomic E-state index is 0.0874. The number of likely N-dealkylation sites (tertiary alicyclic amines) is 1. The average Bonchev–Trinajstić information content (AvgIpc) is 2.95. The minimum atomic E-state index is -0.936. The summed E-state index contributed by atoms with van der Waals surface area (Å²) in [5, 5.41) is 2.73. The molecule has 1 aromatic heterocycles. The van der Waals surface area contributed by atoms with Crippen LogP contribution in [0.3, 0.4) is 0 Å². The van der Waals surface area contributed by atoms with Crippen molar-refractivity contribution in [3.8, 4) is 0 Å². The van der Waals surface area contributed by atoms with Crippen molar-refractivity contribution in [3.63, 3.8) is 0 Å². The lowest BCUT2D eigenvalue weighted by Gasteiger charge is -2.42. The van der Waals surface area contributed by atoms with Crippen LogP contribution < -0.4 is 10.2 Å². The number of carbonyl (C=O) groups is 1. The molecule has 0 atom stereocenters. The number of rotatable bonds is 7. The van der Waals surface area contributed by atoms with E-state index in [1.165, 1.54) is 30.0 Å². The summed E-state index contributed by atoms with van der Waals surface area (Å²) in [7, 11) is 0. The summed E-state index contributed by atoms with van der Waals surface area (Å²) in [6.07, 6.45) is 3.93. The number of amides is 1. The third kappa shape index (κ3) is 6.78. The lowest BCUT2D eigenvalue weighted by atomic mass is 10.0. The van der Waals surface area contributed by atoms with E-state index in [-0.39, 0.29) is 12.5 Å². The molecule has 0 bridgehead atoms. The molecule has 2 aromatic carbocycles. The fourth-order valence-corrected chi connectivity index (χ4v) is 5.44. The quantitative estimate of drug-likeness (QED) is 0.493. The molecular weight excluding hydrogens is 498 g/mol. The molecule has 39 heavy (non-hydrogen) atoms. The number of carbonyl (C=O) groups excluding carboxylic acids is 1. The minimum Gasteiger partial charge on any atom is -0.348 e. The van der Waals surface area contributed by atoms with Gasteiger partial charge in [0.05, 0.1) is 11.3 Å². The summed E-state index contributed by atoms with van der Waals surface area (Å²) < 4.78 is 26.6. The Morgan fingerprint density at radius 2 is 1.62 bits per heavy atom. The molecule has 2 aliphatic heterocycles. The van der Waals surface area contributed by atoms with Crippen molar-refractivity contribution in [1.82, 2.24) is 25.1 Å². The first-order chi connectivity index (χ1) is 18.9. The van der Waals surface area contributed by atoms with Gasteiger partial charge in [-0.3, -0.25) is 14.6 Å². The number of nitrogens with zero attached hydrogens (tertiary/aromatic N) is 5. The number of nitrogens with one attached hydrogen (secondary N) is 1. The molecular formula is C30H36F2N6O. The largest absolute Gasteiger partial charge is 0.348 e. The zero-order chi connectivity index (χ0) is 27.4. The molecule has 0 unspecified atom stereocenters. The standard InChI is InChI=1S/C30H36F2N6O/c1-21-3-5-23(6-4-21)20-36-11-9-25(10-12-36)37-13-15-38(16-14-37)30-34-19-26(22(2)35-30)29(39)33-18-24-7-8-27(31)28(32)17-24/h3-8,17,19,25H,9-16,18,20H2,1-2H3,(H,33,39). The lowest BCUT2D eigenvalue weighted by Crippen LogP contribution is -2.53. The fraction of sp³-hybridized carbons (Fsp3) is 0.433. The van der Waals surface area contributed by atoms with E-state index in [1.807, 2.05) is 0 Å². The van der Waals surface area contributed by atoms with E-state index in [1.54, 1.807) is 13.1 Å². The van der Waals surface area contributed by atoms with Crippen LogP contribution in [0.5, 0.6) is 0 Å². The summed E-state index contributed by atoms with van der Waals surface area (Å²) in [4.78, 5) is 29.1. The van der Waals surface area contributed by atoms with Crippen molar-refractivity contribution >= 4 is 11.9 Å². The van der Waals surface area contributed by atoms with Crippen LogP contribution in [-0.4, -0.2) is 71.0 Å². The molecule has 9 heteroatoms. The topological polar surface area (TPSA) is 64.6 Å². The fourth-order valence-electron chi connectivity index (χ4n) is 5.44. The van der Waals surface area contributed by atoms with Crippen molar-refractivity contribution in [2.45, 2.75) is 45.8 Å². The number of anilines is 1. The Morgan fingerprint density at radius 1 is 0.923 bits per heavy atom. The van der Waals surface area contributed by atoms with Gasteiger partial charge in [0, 0.05) is 51.5 Å². The Kier molecular flexibility index (Phi) is 8.47. The van der Waals surface area contributed by atoms with Crippen LogP contribution in [-0.2, 0) is 13.1 Å². The molecule has 0 aliphatic carbocycles. The highest BCUT2D eigenvalue weighted by Crippen LogP contribution is 2.22. The van der Waals surface area contributed by atoms with Crippen molar-refractivity contribution in [3.05, 3.63) is 88.2 Å². The first kappa shape index (κ1) is 27.1. The molecule has 2 fully saturated rings. The predicted molar refractivity (Wildman–Crippen MR) is 148 cm³/mol. The maximum Gasteiger partial charge on any atom is 0.254 e. The number of hydrogen-bond acceptors (Lipinski definition) is 6. The molecule has 0 saturated carbocycles. The van der Waals surface area contributed by atoms with Crippen molar-refractivity contribution in [1.29, 1.82) is 0 Å². The molecule has 0 spiro atoms. The van der Waals surface area contributed by atoms with Gasteiger partial charge in [-0.25, -0.2) is 18.7 Å². The van der Waals surface area contributed by atoms with Gasteiger partial charge in [-0.2, -0.15) is 0 Å². The summed E-state index contributed by atoms with van der Waals surface area (Å²) in [5.74, 6) is -1.56. The van der Waals surface area contributed by atoms with E-state index >= 15 is 0 Å². The lowest BCUT2D eigenvalue weighted by molar-refractivity contribution is 0.0949. The average molecular weight is 535 g/mol. The van der Waals surface area contributed by atoms with Gasteiger partial charge >= 0.3 is 0 Å². The Morgan fingerprint density at radius 3 is 2.28 bits per heavy atom. The molecule has 1 amide bonds. The Balaban J connectivity index is 1.08. The molecule has 3 aromatic rings. The van der Waals surface area contributed by atoms with Crippen LogP contribution in [0, 0.1) is 25.5 Å². The second-order valence-electron chi connectivity index (χ2n) is 10.6. The number of aromatic nitrogens is 2. The van der Waals surface area contributed by atoms with Crippen LogP contribution in [0.15, 0.2) is 48.7 Å². The maximum absolute atomic E-state index is 13.4. The van der Waals surface area contributed by atoms with Crippen molar-refractivity contribution in [2.24, 2.45) is 0 Å². The summed E-state index contributed by atoms with van der Waals surface area (Å²) in [6.45, 7) is 10.9. The van der Waals surface area contributed by atoms with E-state index in [2.05, 4.69) is 61.2 Å². The van der Waals surface area contributed by atoms with Gasteiger partial charge in [0.15, 0.2) is 11.6 Å². The van der Waals surface area contributed by atoms with Crippen LogP contribution >= 0.6 is 0 Å². The van der Waals surface area contributed by atoms with E-state index in [9.17, 15) is 13.6 Å². The predicted octanol–water partition coefficient (Wildman–Crippen LogP) is 4.09. The Hall–Kier alpha value is -3.43. The van der Waals surface area contributed by atoms with E-state index < -0.39 is 11.6 Å². The van der Waals surface area contributed by atoms with Gasteiger partial charge < -0.3 is 10.2 Å². The number of aryl methyl sites for hydroxylation is 2. The third-order valence-corrected chi connectivity index (χ3v) is 7.85. The zero-order valence-electron chi connectivity index (χ0n) is 22.7. The summed E-state index contributed by atoms with van der Waals surface area (Å²) in [6, 6.07) is 13.0. The van der Waals surface area contributed by atoms with Gasteiger partial charge in [-0.15, -0.1) is 0 Å². The van der Waals surface area contributed by atoms with Gasteiger partial charge in [-0.05, 0) is 63.0 Å². The van der Waals surface area contributed by atoms with E-state index in [0.717, 1.165) is 57.9 Å². The van der Waals surface area contributed by atoms with Crippen LogP contribution in [0.2, 0.25) is 0 Å². The zero-order valence-corrected chi connectivity index (χ0v) is 22.7. The van der Waals surface area contributed by atoms with Gasteiger partial charge in [0.25, 0.3) is 5.91 Å². The molecule has 1 N–H and O–H groups in total. The second kappa shape index (κ2) is 12.2. The van der Waals surface area contributed by atoms with Crippen molar-refractivity contribution in [2.75, 3.05) is 44.2 Å². The van der Waals surface area contributed by atoms with Gasteiger partial charge in [0.1, 0.15) is 0 Å². The Labute approximate surface area is 228 Å². The smallest absolute Gasteiger partial charge is 0.254 e. The highest BCUT2D eigenvalue weighted by Gasteiger charge is 2.28. The molecule has 5 rings (SSSR count). The van der Waals surface area contributed by atoms with Crippen LogP contribution in [0.4, 0.5) is 14.7 Å². The number of halogens is 2. The number of piperazine rings is 1.